The molecule has 0 radical (unpaired) electrons. The smallest absolute Gasteiger partial charge is 0.256 e. The van der Waals surface area contributed by atoms with E-state index in [1.165, 1.54) is 10.4 Å². The van der Waals surface area contributed by atoms with E-state index in [0.29, 0.717) is 6.61 Å². The summed E-state index contributed by atoms with van der Waals surface area (Å²) in [5.74, 6) is 0.845. The van der Waals surface area contributed by atoms with Crippen molar-refractivity contribution in [3.8, 4) is 5.75 Å². The van der Waals surface area contributed by atoms with E-state index in [4.69, 9.17) is 4.74 Å². The summed E-state index contributed by atoms with van der Waals surface area (Å²) in [7, 11) is 0. The number of ether oxygens (including phenoxy) is 1. The fraction of sp³-hybridized carbons (Fsp3) is 0.292. The summed E-state index contributed by atoms with van der Waals surface area (Å²) in [4.78, 5) is 16.6. The zero-order chi connectivity index (χ0) is 20.5. The number of nitrogens with zero attached hydrogens (tertiary/aromatic N) is 1. The van der Waals surface area contributed by atoms with Gasteiger partial charge in [-0.3, -0.25) is 9.69 Å². The molecule has 1 amide bonds. The number of thiophene rings is 1. The van der Waals surface area contributed by atoms with Crippen LogP contribution in [0.4, 0.5) is 5.00 Å². The highest BCUT2D eigenvalue weighted by Gasteiger charge is 2.33. The third-order valence-electron chi connectivity index (χ3n) is 5.82. The highest BCUT2D eigenvalue weighted by molar-refractivity contribution is 7.16. The van der Waals surface area contributed by atoms with Crippen molar-refractivity contribution in [1.82, 2.24) is 10.2 Å². The van der Waals surface area contributed by atoms with E-state index in [0.717, 1.165) is 53.5 Å². The number of hydrogen-bond acceptors (Lipinski definition) is 5. The van der Waals surface area contributed by atoms with Crippen molar-refractivity contribution in [2.45, 2.75) is 32.7 Å². The van der Waals surface area contributed by atoms with Gasteiger partial charge in [0.2, 0.25) is 0 Å². The second-order valence-electron chi connectivity index (χ2n) is 7.72. The van der Waals surface area contributed by atoms with Gasteiger partial charge in [0.05, 0.1) is 5.56 Å². The Kier molecular flexibility index (Phi) is 5.19. The molecule has 154 valence electrons. The lowest BCUT2D eigenvalue weighted by Crippen LogP contribution is -2.38. The lowest BCUT2D eigenvalue weighted by Gasteiger charge is -2.28. The van der Waals surface area contributed by atoms with Crippen LogP contribution < -0.4 is 15.4 Å². The predicted octanol–water partition coefficient (Wildman–Crippen LogP) is 4.56. The average molecular weight is 420 g/mol. The van der Waals surface area contributed by atoms with Crippen molar-refractivity contribution in [2.24, 2.45) is 0 Å². The van der Waals surface area contributed by atoms with E-state index >= 15 is 0 Å². The fourth-order valence-electron chi connectivity index (χ4n) is 4.10. The van der Waals surface area contributed by atoms with Crippen LogP contribution in [0.2, 0.25) is 0 Å². The lowest BCUT2D eigenvalue weighted by atomic mass is 10.0. The number of anilines is 1. The molecule has 6 heteroatoms. The number of hydrogen-bond donors (Lipinski definition) is 2. The first kappa shape index (κ1) is 19.2. The van der Waals surface area contributed by atoms with Crippen molar-refractivity contribution in [3.05, 3.63) is 81.7 Å². The standard InChI is InChI=1S/C24H25N3O2S/c1-2-27-13-12-19-20(14-27)30-24-21(19)23(28)25-22(26-24)17-8-10-18(11-9-17)29-15-16-6-4-3-5-7-16/h3-11,22,26H,2,12-15H2,1H3,(H,25,28)/t22-/m1/s1. The number of carbonyl (C=O) groups is 1. The third-order valence-corrected chi connectivity index (χ3v) is 6.97. The maximum Gasteiger partial charge on any atom is 0.256 e. The number of rotatable bonds is 5. The van der Waals surface area contributed by atoms with Crippen LogP contribution in [0.3, 0.4) is 0 Å². The van der Waals surface area contributed by atoms with Crippen LogP contribution >= 0.6 is 11.3 Å². The number of likely N-dealkylation sites (N-methyl/N-ethyl adjacent to an activating group) is 1. The average Bonchev–Trinajstić information content (AvgIpc) is 3.16. The molecule has 0 fully saturated rings. The molecule has 2 aromatic carbocycles. The van der Waals surface area contributed by atoms with Gasteiger partial charge in [0.15, 0.2) is 0 Å². The molecule has 1 aromatic heterocycles. The van der Waals surface area contributed by atoms with Crippen LogP contribution in [0.25, 0.3) is 0 Å². The summed E-state index contributed by atoms with van der Waals surface area (Å²) in [6.45, 7) is 5.73. The Bertz CT molecular complexity index is 1050. The maximum absolute atomic E-state index is 12.9. The highest BCUT2D eigenvalue weighted by atomic mass is 32.1. The first-order chi connectivity index (χ1) is 14.7. The Morgan fingerprint density at radius 1 is 1.10 bits per heavy atom. The van der Waals surface area contributed by atoms with E-state index in [-0.39, 0.29) is 12.1 Å². The summed E-state index contributed by atoms with van der Waals surface area (Å²) in [6.07, 6.45) is 0.720. The topological polar surface area (TPSA) is 53.6 Å². The van der Waals surface area contributed by atoms with Crippen molar-refractivity contribution in [3.63, 3.8) is 0 Å². The molecule has 0 bridgehead atoms. The summed E-state index contributed by atoms with van der Waals surface area (Å²) in [5, 5.41) is 7.66. The van der Waals surface area contributed by atoms with Gasteiger partial charge >= 0.3 is 0 Å². The third kappa shape index (κ3) is 3.68. The molecule has 0 saturated heterocycles. The predicted molar refractivity (Wildman–Crippen MR) is 120 cm³/mol. The summed E-state index contributed by atoms with van der Waals surface area (Å²) in [5.41, 5.74) is 4.24. The van der Waals surface area contributed by atoms with E-state index in [1.807, 2.05) is 54.6 Å². The first-order valence-electron chi connectivity index (χ1n) is 10.4. The SMILES string of the molecule is CCN1CCc2c(sc3c2C(=O)N[C@@H](c2ccc(OCc4ccccc4)cc2)N3)C1. The van der Waals surface area contributed by atoms with Crippen molar-refractivity contribution in [1.29, 1.82) is 0 Å². The van der Waals surface area contributed by atoms with E-state index in [2.05, 4.69) is 22.5 Å². The van der Waals surface area contributed by atoms with Gasteiger partial charge in [0, 0.05) is 18.0 Å². The van der Waals surface area contributed by atoms with Crippen LogP contribution in [-0.2, 0) is 19.6 Å². The van der Waals surface area contributed by atoms with Crippen LogP contribution in [-0.4, -0.2) is 23.9 Å². The molecule has 2 N–H and O–H groups in total. The molecular formula is C24H25N3O2S. The summed E-state index contributed by atoms with van der Waals surface area (Å²) >= 11 is 1.73. The van der Waals surface area contributed by atoms with Crippen LogP contribution in [0, 0.1) is 0 Å². The van der Waals surface area contributed by atoms with E-state index in [9.17, 15) is 4.79 Å². The molecule has 0 aliphatic carbocycles. The quantitative estimate of drug-likeness (QED) is 0.637. The van der Waals surface area contributed by atoms with Crippen molar-refractivity contribution in [2.75, 3.05) is 18.4 Å². The van der Waals surface area contributed by atoms with Gasteiger partial charge in [-0.25, -0.2) is 0 Å². The van der Waals surface area contributed by atoms with Gasteiger partial charge in [0.25, 0.3) is 5.91 Å². The Labute approximate surface area is 180 Å². The Morgan fingerprint density at radius 3 is 2.67 bits per heavy atom. The lowest BCUT2D eigenvalue weighted by molar-refractivity contribution is 0.0934. The van der Waals surface area contributed by atoms with Gasteiger partial charge in [-0.2, -0.15) is 0 Å². The number of carbonyl (C=O) groups excluding carboxylic acids is 1. The Morgan fingerprint density at radius 2 is 1.90 bits per heavy atom. The molecule has 2 aliphatic rings. The molecule has 3 heterocycles. The first-order valence-corrected chi connectivity index (χ1v) is 11.2. The minimum atomic E-state index is -0.226. The van der Waals surface area contributed by atoms with Gasteiger partial charge < -0.3 is 15.4 Å². The number of amides is 1. The maximum atomic E-state index is 12.9. The van der Waals surface area contributed by atoms with Crippen LogP contribution in [0.1, 0.15) is 45.0 Å². The summed E-state index contributed by atoms with van der Waals surface area (Å²) in [6, 6.07) is 18.1. The number of nitrogens with one attached hydrogen (secondary N) is 2. The minimum Gasteiger partial charge on any atom is -0.489 e. The second-order valence-corrected chi connectivity index (χ2v) is 8.83. The molecule has 5 nitrogen and oxygen atoms in total. The molecule has 3 aromatic rings. The number of benzene rings is 2. The Balaban J connectivity index is 1.29. The minimum absolute atomic E-state index is 0.0283. The highest BCUT2D eigenvalue weighted by Crippen LogP contribution is 2.40. The molecule has 2 aliphatic heterocycles. The zero-order valence-corrected chi connectivity index (χ0v) is 17.8. The van der Waals surface area contributed by atoms with Gasteiger partial charge in [-0.05, 0) is 41.8 Å². The van der Waals surface area contributed by atoms with Crippen molar-refractivity contribution >= 4 is 22.2 Å². The second kappa shape index (κ2) is 8.13. The molecular weight excluding hydrogens is 394 g/mol. The Hall–Kier alpha value is -2.83. The molecule has 1 atom stereocenters. The van der Waals surface area contributed by atoms with Crippen LogP contribution in [0.5, 0.6) is 5.75 Å². The fourth-order valence-corrected chi connectivity index (χ4v) is 5.42. The van der Waals surface area contributed by atoms with Crippen molar-refractivity contribution < 1.29 is 9.53 Å². The van der Waals surface area contributed by atoms with Gasteiger partial charge in [-0.1, -0.05) is 49.4 Å². The molecule has 0 saturated carbocycles. The number of fused-ring (bicyclic) bond motifs is 3. The molecule has 0 unspecified atom stereocenters. The van der Waals surface area contributed by atoms with E-state index in [1.54, 1.807) is 11.3 Å². The largest absolute Gasteiger partial charge is 0.489 e. The van der Waals surface area contributed by atoms with Gasteiger partial charge in [-0.15, -0.1) is 11.3 Å². The molecule has 0 spiro atoms. The molecule has 30 heavy (non-hydrogen) atoms. The van der Waals surface area contributed by atoms with Gasteiger partial charge in [0.1, 0.15) is 23.5 Å². The van der Waals surface area contributed by atoms with E-state index < -0.39 is 0 Å². The summed E-state index contributed by atoms with van der Waals surface area (Å²) < 4.78 is 5.88. The normalized spacial score (nSPS) is 18.2. The monoisotopic (exact) mass is 419 g/mol. The van der Waals surface area contributed by atoms with Crippen LogP contribution in [0.15, 0.2) is 54.6 Å². The zero-order valence-electron chi connectivity index (χ0n) is 17.0. The molecule has 5 rings (SSSR count).